The Labute approximate surface area is 119 Å². The molecule has 1 aliphatic heterocycles. The zero-order valence-corrected chi connectivity index (χ0v) is 12.3. The molecular formula is C14H20Cl2N2. The normalized spacial score (nSPS) is 20.5. The highest BCUT2D eigenvalue weighted by atomic mass is 35.5. The summed E-state index contributed by atoms with van der Waals surface area (Å²) in [5.74, 6) is 0. The third kappa shape index (κ3) is 3.86. The standard InChI is InChI=1S/C14H20Cl2N2/c1-2-18-5-3-4-14(18)10-17-9-11-6-12(15)8-13(16)7-11/h6-8,14,17H,2-5,9-10H2,1H3. The lowest BCUT2D eigenvalue weighted by Gasteiger charge is -2.23. The van der Waals surface area contributed by atoms with Crippen LogP contribution in [0.15, 0.2) is 18.2 Å². The van der Waals surface area contributed by atoms with Crippen molar-refractivity contribution in [3.8, 4) is 0 Å². The highest BCUT2D eigenvalue weighted by Gasteiger charge is 2.21. The summed E-state index contributed by atoms with van der Waals surface area (Å²) < 4.78 is 0. The number of likely N-dealkylation sites (tertiary alicyclic amines) is 1. The number of nitrogens with zero attached hydrogens (tertiary/aromatic N) is 1. The molecule has 1 fully saturated rings. The van der Waals surface area contributed by atoms with Crippen molar-refractivity contribution in [2.24, 2.45) is 0 Å². The van der Waals surface area contributed by atoms with Crippen LogP contribution in [-0.4, -0.2) is 30.6 Å². The number of nitrogens with one attached hydrogen (secondary N) is 1. The fourth-order valence-electron chi connectivity index (χ4n) is 2.64. The van der Waals surface area contributed by atoms with E-state index in [0.717, 1.165) is 25.2 Å². The van der Waals surface area contributed by atoms with Crippen LogP contribution in [0.2, 0.25) is 10.0 Å². The first kappa shape index (κ1) is 14.1. The molecule has 0 amide bonds. The van der Waals surface area contributed by atoms with Crippen molar-refractivity contribution in [2.75, 3.05) is 19.6 Å². The molecule has 0 spiro atoms. The molecule has 1 heterocycles. The summed E-state index contributed by atoms with van der Waals surface area (Å²) in [6.45, 7) is 6.49. The molecule has 0 aromatic heterocycles. The van der Waals surface area contributed by atoms with E-state index in [1.807, 2.05) is 12.1 Å². The molecule has 0 saturated carbocycles. The molecule has 1 N–H and O–H groups in total. The summed E-state index contributed by atoms with van der Waals surface area (Å²) in [7, 11) is 0. The molecule has 1 aromatic rings. The minimum absolute atomic E-state index is 0.685. The van der Waals surface area contributed by atoms with E-state index in [1.54, 1.807) is 6.07 Å². The fourth-order valence-corrected chi connectivity index (χ4v) is 3.21. The second-order valence-corrected chi connectivity index (χ2v) is 5.71. The Balaban J connectivity index is 1.81. The van der Waals surface area contributed by atoms with Gasteiger partial charge in [-0.3, -0.25) is 4.90 Å². The van der Waals surface area contributed by atoms with E-state index in [2.05, 4.69) is 17.1 Å². The molecule has 0 bridgehead atoms. The van der Waals surface area contributed by atoms with Crippen LogP contribution in [0.25, 0.3) is 0 Å². The van der Waals surface area contributed by atoms with Crippen molar-refractivity contribution in [1.82, 2.24) is 10.2 Å². The van der Waals surface area contributed by atoms with Crippen LogP contribution in [0.5, 0.6) is 0 Å². The van der Waals surface area contributed by atoms with E-state index in [-0.39, 0.29) is 0 Å². The Morgan fingerprint density at radius 3 is 2.67 bits per heavy atom. The van der Waals surface area contributed by atoms with Gasteiger partial charge in [0.25, 0.3) is 0 Å². The summed E-state index contributed by atoms with van der Waals surface area (Å²) >= 11 is 12.0. The van der Waals surface area contributed by atoms with E-state index >= 15 is 0 Å². The van der Waals surface area contributed by atoms with Crippen molar-refractivity contribution < 1.29 is 0 Å². The number of halogens is 2. The maximum Gasteiger partial charge on any atom is 0.0424 e. The average Bonchev–Trinajstić information content (AvgIpc) is 2.75. The predicted molar refractivity (Wildman–Crippen MR) is 78.4 cm³/mol. The summed E-state index contributed by atoms with van der Waals surface area (Å²) in [5, 5.41) is 4.91. The molecule has 0 aliphatic carbocycles. The average molecular weight is 287 g/mol. The van der Waals surface area contributed by atoms with Crippen LogP contribution in [0.3, 0.4) is 0 Å². The molecular weight excluding hydrogens is 267 g/mol. The van der Waals surface area contributed by atoms with E-state index in [4.69, 9.17) is 23.2 Å². The molecule has 1 unspecified atom stereocenters. The van der Waals surface area contributed by atoms with Gasteiger partial charge in [-0.05, 0) is 49.7 Å². The highest BCUT2D eigenvalue weighted by Crippen LogP contribution is 2.19. The van der Waals surface area contributed by atoms with Crippen molar-refractivity contribution in [1.29, 1.82) is 0 Å². The first-order valence-electron chi connectivity index (χ1n) is 6.58. The van der Waals surface area contributed by atoms with Gasteiger partial charge in [0.1, 0.15) is 0 Å². The third-order valence-corrected chi connectivity index (χ3v) is 3.97. The Bertz CT molecular complexity index is 375. The molecule has 2 nitrogen and oxygen atoms in total. The van der Waals surface area contributed by atoms with E-state index in [0.29, 0.717) is 16.1 Å². The summed E-state index contributed by atoms with van der Waals surface area (Å²) in [4.78, 5) is 2.54. The van der Waals surface area contributed by atoms with Crippen LogP contribution in [-0.2, 0) is 6.54 Å². The molecule has 2 rings (SSSR count). The van der Waals surface area contributed by atoms with Gasteiger partial charge in [0.05, 0.1) is 0 Å². The minimum Gasteiger partial charge on any atom is -0.311 e. The monoisotopic (exact) mass is 286 g/mol. The summed E-state index contributed by atoms with van der Waals surface area (Å²) in [5.41, 5.74) is 1.15. The lowest BCUT2D eigenvalue weighted by atomic mass is 10.2. The van der Waals surface area contributed by atoms with Gasteiger partial charge < -0.3 is 5.32 Å². The number of hydrogen-bond acceptors (Lipinski definition) is 2. The quantitative estimate of drug-likeness (QED) is 0.890. The largest absolute Gasteiger partial charge is 0.311 e. The van der Waals surface area contributed by atoms with Gasteiger partial charge >= 0.3 is 0 Å². The molecule has 0 radical (unpaired) electrons. The molecule has 1 saturated heterocycles. The van der Waals surface area contributed by atoms with Crippen LogP contribution in [0.4, 0.5) is 0 Å². The number of likely N-dealkylation sites (N-methyl/N-ethyl adjacent to an activating group) is 1. The van der Waals surface area contributed by atoms with Crippen molar-refractivity contribution in [2.45, 2.75) is 32.4 Å². The fraction of sp³-hybridized carbons (Fsp3) is 0.571. The summed E-state index contributed by atoms with van der Waals surface area (Å²) in [6, 6.07) is 6.38. The van der Waals surface area contributed by atoms with Crippen LogP contribution in [0, 0.1) is 0 Å². The molecule has 4 heteroatoms. The van der Waals surface area contributed by atoms with E-state index in [9.17, 15) is 0 Å². The third-order valence-electron chi connectivity index (χ3n) is 3.54. The predicted octanol–water partition coefficient (Wildman–Crippen LogP) is 3.57. The SMILES string of the molecule is CCN1CCCC1CNCc1cc(Cl)cc(Cl)c1. The zero-order valence-electron chi connectivity index (χ0n) is 10.8. The maximum absolute atomic E-state index is 5.98. The van der Waals surface area contributed by atoms with E-state index in [1.165, 1.54) is 19.4 Å². The van der Waals surface area contributed by atoms with Gasteiger partial charge in [0.2, 0.25) is 0 Å². The molecule has 1 atom stereocenters. The van der Waals surface area contributed by atoms with Crippen molar-refractivity contribution in [3.05, 3.63) is 33.8 Å². The van der Waals surface area contributed by atoms with Crippen LogP contribution < -0.4 is 5.32 Å². The minimum atomic E-state index is 0.685. The second-order valence-electron chi connectivity index (χ2n) is 4.83. The summed E-state index contributed by atoms with van der Waals surface area (Å²) in [6.07, 6.45) is 2.63. The number of rotatable bonds is 5. The van der Waals surface area contributed by atoms with Gasteiger partial charge in [0.15, 0.2) is 0 Å². The first-order chi connectivity index (χ1) is 8.69. The zero-order chi connectivity index (χ0) is 13.0. The Morgan fingerprint density at radius 2 is 2.00 bits per heavy atom. The van der Waals surface area contributed by atoms with Crippen molar-refractivity contribution in [3.63, 3.8) is 0 Å². The number of hydrogen-bond donors (Lipinski definition) is 1. The lowest BCUT2D eigenvalue weighted by molar-refractivity contribution is 0.260. The maximum atomic E-state index is 5.98. The smallest absolute Gasteiger partial charge is 0.0424 e. The Morgan fingerprint density at radius 1 is 1.28 bits per heavy atom. The first-order valence-corrected chi connectivity index (χ1v) is 7.34. The van der Waals surface area contributed by atoms with Crippen molar-refractivity contribution >= 4 is 23.2 Å². The van der Waals surface area contributed by atoms with E-state index < -0.39 is 0 Å². The van der Waals surface area contributed by atoms with Crippen LogP contribution in [0.1, 0.15) is 25.3 Å². The second kappa shape index (κ2) is 6.76. The van der Waals surface area contributed by atoms with Gasteiger partial charge in [-0.2, -0.15) is 0 Å². The van der Waals surface area contributed by atoms with Crippen LogP contribution >= 0.6 is 23.2 Å². The topological polar surface area (TPSA) is 15.3 Å². The number of benzene rings is 1. The van der Waals surface area contributed by atoms with Gasteiger partial charge in [-0.1, -0.05) is 30.1 Å². The molecule has 100 valence electrons. The lowest BCUT2D eigenvalue weighted by Crippen LogP contribution is -2.37. The highest BCUT2D eigenvalue weighted by molar-refractivity contribution is 6.34. The molecule has 1 aromatic carbocycles. The Kier molecular flexibility index (Phi) is 5.31. The van der Waals surface area contributed by atoms with Gasteiger partial charge in [0, 0.05) is 29.2 Å². The Hall–Kier alpha value is -0.280. The molecule has 1 aliphatic rings. The molecule has 18 heavy (non-hydrogen) atoms. The van der Waals surface area contributed by atoms with Gasteiger partial charge in [-0.15, -0.1) is 0 Å². The van der Waals surface area contributed by atoms with Gasteiger partial charge in [-0.25, -0.2) is 0 Å².